The molecule has 0 aliphatic carbocycles. The van der Waals surface area contributed by atoms with E-state index in [0.717, 1.165) is 5.69 Å². The molecule has 100 valence electrons. The molecule has 0 fully saturated rings. The molecule has 0 atom stereocenters. The number of carboxylic acids is 1. The number of carboxylic acid groups (broad SMARTS) is 1. The molecule has 0 spiro atoms. The van der Waals surface area contributed by atoms with Crippen molar-refractivity contribution in [3.63, 3.8) is 0 Å². The lowest BCUT2D eigenvalue weighted by molar-refractivity contribution is 0.0689. The summed E-state index contributed by atoms with van der Waals surface area (Å²) < 4.78 is 1.25. The minimum Gasteiger partial charge on any atom is -0.476 e. The van der Waals surface area contributed by atoms with Gasteiger partial charge in [0.05, 0.1) is 11.2 Å². The van der Waals surface area contributed by atoms with Gasteiger partial charge in [-0.3, -0.25) is 9.48 Å². The molecule has 0 aliphatic rings. The molecule has 0 radical (unpaired) electrons. The second kappa shape index (κ2) is 5.61. The van der Waals surface area contributed by atoms with Crippen LogP contribution in [0.1, 0.15) is 26.7 Å². The Morgan fingerprint density at radius 3 is 2.89 bits per heavy atom. The van der Waals surface area contributed by atoms with Crippen molar-refractivity contribution in [2.24, 2.45) is 7.05 Å². The number of aromatic nitrogens is 3. The first kappa shape index (κ1) is 13.2. The molecule has 2 N–H and O–H groups in total. The number of hydrogen-bond donors (Lipinski definition) is 2. The van der Waals surface area contributed by atoms with Crippen LogP contribution in [0.2, 0.25) is 0 Å². The quantitative estimate of drug-likeness (QED) is 0.833. The van der Waals surface area contributed by atoms with Gasteiger partial charge in [0, 0.05) is 31.5 Å². The molecule has 0 saturated heterocycles. The Bertz CT molecular complexity index is 591. The third kappa shape index (κ3) is 3.16. The van der Waals surface area contributed by atoms with Crippen LogP contribution < -0.4 is 5.32 Å². The predicted molar refractivity (Wildman–Crippen MR) is 68.3 cm³/mol. The van der Waals surface area contributed by atoms with Crippen molar-refractivity contribution >= 4 is 23.2 Å². The number of carbonyl (C=O) groups excluding carboxylic acids is 1. The first-order valence-electron chi connectivity index (χ1n) is 5.50. The molecular formula is C11H12N4O3S. The van der Waals surface area contributed by atoms with E-state index in [-0.39, 0.29) is 17.3 Å². The van der Waals surface area contributed by atoms with Crippen LogP contribution in [0.5, 0.6) is 0 Å². The topological polar surface area (TPSA) is 97.1 Å². The molecule has 7 nitrogen and oxygen atoms in total. The maximum atomic E-state index is 11.8. The summed E-state index contributed by atoms with van der Waals surface area (Å²) in [6, 6.07) is 1.25. The smallest absolute Gasteiger partial charge is 0.356 e. The van der Waals surface area contributed by atoms with Crippen molar-refractivity contribution in [1.82, 2.24) is 20.1 Å². The van der Waals surface area contributed by atoms with Gasteiger partial charge >= 0.3 is 5.97 Å². The van der Waals surface area contributed by atoms with Crippen LogP contribution >= 0.6 is 11.3 Å². The Hall–Kier alpha value is -2.22. The Morgan fingerprint density at radius 1 is 1.53 bits per heavy atom. The number of thiazole rings is 1. The summed E-state index contributed by atoms with van der Waals surface area (Å²) in [5.41, 5.74) is 2.72. The Morgan fingerprint density at radius 2 is 2.32 bits per heavy atom. The summed E-state index contributed by atoms with van der Waals surface area (Å²) in [4.78, 5) is 26.7. The number of nitrogens with zero attached hydrogens (tertiary/aromatic N) is 3. The van der Waals surface area contributed by atoms with Crippen LogP contribution in [-0.4, -0.2) is 38.3 Å². The monoisotopic (exact) mass is 280 g/mol. The molecular weight excluding hydrogens is 268 g/mol. The standard InChI is InChI=1S/C11H12N4O3S/c1-15-9(4-8(14-15)11(17)18)10(16)12-3-2-7-5-19-6-13-7/h4-6H,2-3H2,1H3,(H,12,16)(H,17,18). The van der Waals surface area contributed by atoms with Crippen molar-refractivity contribution in [1.29, 1.82) is 0 Å². The fourth-order valence-corrected chi connectivity index (χ4v) is 2.13. The van der Waals surface area contributed by atoms with Gasteiger partial charge in [0.2, 0.25) is 0 Å². The Balaban J connectivity index is 1.94. The molecule has 2 aromatic heterocycles. The summed E-state index contributed by atoms with van der Waals surface area (Å²) in [6.07, 6.45) is 0.638. The van der Waals surface area contributed by atoms with Crippen LogP contribution in [0.25, 0.3) is 0 Å². The van der Waals surface area contributed by atoms with Crippen LogP contribution in [0, 0.1) is 0 Å². The van der Waals surface area contributed by atoms with Gasteiger partial charge in [-0.1, -0.05) is 0 Å². The van der Waals surface area contributed by atoms with Gasteiger partial charge in [-0.15, -0.1) is 11.3 Å². The lowest BCUT2D eigenvalue weighted by atomic mass is 10.3. The van der Waals surface area contributed by atoms with Crippen molar-refractivity contribution in [3.05, 3.63) is 34.0 Å². The van der Waals surface area contributed by atoms with Crippen LogP contribution in [0.4, 0.5) is 0 Å². The molecule has 0 aliphatic heterocycles. The SMILES string of the molecule is Cn1nc(C(=O)O)cc1C(=O)NCCc1cscn1. The molecule has 0 bridgehead atoms. The highest BCUT2D eigenvalue weighted by molar-refractivity contribution is 7.07. The summed E-state index contributed by atoms with van der Waals surface area (Å²) in [5.74, 6) is -1.50. The number of amides is 1. The van der Waals surface area contributed by atoms with Crippen LogP contribution in [-0.2, 0) is 13.5 Å². The highest BCUT2D eigenvalue weighted by atomic mass is 32.1. The van der Waals surface area contributed by atoms with E-state index in [0.29, 0.717) is 13.0 Å². The van der Waals surface area contributed by atoms with E-state index >= 15 is 0 Å². The van der Waals surface area contributed by atoms with Crippen LogP contribution in [0.3, 0.4) is 0 Å². The third-order valence-electron chi connectivity index (χ3n) is 2.48. The average molecular weight is 280 g/mol. The predicted octanol–water partition coefficient (Wildman–Crippen LogP) is 0.547. The molecule has 19 heavy (non-hydrogen) atoms. The van der Waals surface area contributed by atoms with Gasteiger partial charge in [0.15, 0.2) is 5.69 Å². The zero-order valence-electron chi connectivity index (χ0n) is 10.2. The summed E-state index contributed by atoms with van der Waals surface area (Å²) >= 11 is 1.50. The molecule has 0 aromatic carbocycles. The molecule has 1 amide bonds. The molecule has 0 unspecified atom stereocenters. The molecule has 2 heterocycles. The van der Waals surface area contributed by atoms with Crippen LogP contribution in [0.15, 0.2) is 17.0 Å². The van der Waals surface area contributed by atoms with Gasteiger partial charge in [-0.25, -0.2) is 9.78 Å². The largest absolute Gasteiger partial charge is 0.476 e. The molecule has 0 saturated carbocycles. The number of carbonyl (C=O) groups is 2. The van der Waals surface area contributed by atoms with Crippen molar-refractivity contribution in [2.45, 2.75) is 6.42 Å². The number of hydrogen-bond acceptors (Lipinski definition) is 5. The first-order valence-corrected chi connectivity index (χ1v) is 6.45. The zero-order valence-corrected chi connectivity index (χ0v) is 11.0. The van der Waals surface area contributed by atoms with E-state index in [1.165, 1.54) is 29.1 Å². The van der Waals surface area contributed by atoms with Gasteiger partial charge < -0.3 is 10.4 Å². The fraction of sp³-hybridized carbons (Fsp3) is 0.273. The van der Waals surface area contributed by atoms with E-state index in [9.17, 15) is 9.59 Å². The van der Waals surface area contributed by atoms with Crippen molar-refractivity contribution in [3.8, 4) is 0 Å². The fourth-order valence-electron chi connectivity index (χ4n) is 1.54. The maximum absolute atomic E-state index is 11.8. The normalized spacial score (nSPS) is 10.4. The van der Waals surface area contributed by atoms with Gasteiger partial charge in [0.25, 0.3) is 5.91 Å². The number of rotatable bonds is 5. The second-order valence-corrected chi connectivity index (χ2v) is 4.55. The number of nitrogens with one attached hydrogen (secondary N) is 1. The number of aromatic carboxylic acids is 1. The molecule has 2 rings (SSSR count). The van der Waals surface area contributed by atoms with E-state index in [2.05, 4.69) is 15.4 Å². The van der Waals surface area contributed by atoms with Crippen molar-refractivity contribution in [2.75, 3.05) is 6.54 Å². The van der Waals surface area contributed by atoms with Gasteiger partial charge in [0.1, 0.15) is 5.69 Å². The second-order valence-electron chi connectivity index (χ2n) is 3.83. The summed E-state index contributed by atoms with van der Waals surface area (Å²) in [7, 11) is 1.53. The Kier molecular flexibility index (Phi) is 3.91. The van der Waals surface area contributed by atoms with Gasteiger partial charge in [-0.2, -0.15) is 5.10 Å². The Labute approximate surface area is 112 Å². The third-order valence-corrected chi connectivity index (χ3v) is 3.12. The maximum Gasteiger partial charge on any atom is 0.356 e. The summed E-state index contributed by atoms with van der Waals surface area (Å²) in [6.45, 7) is 0.441. The van der Waals surface area contributed by atoms with Crippen molar-refractivity contribution < 1.29 is 14.7 Å². The number of aryl methyl sites for hydroxylation is 1. The minimum atomic E-state index is -1.16. The molecule has 8 heteroatoms. The average Bonchev–Trinajstić information content (AvgIpc) is 2.98. The van der Waals surface area contributed by atoms with E-state index in [4.69, 9.17) is 5.11 Å². The van der Waals surface area contributed by atoms with E-state index in [1.54, 1.807) is 5.51 Å². The van der Waals surface area contributed by atoms with E-state index in [1.807, 2.05) is 5.38 Å². The minimum absolute atomic E-state index is 0.146. The lowest BCUT2D eigenvalue weighted by Gasteiger charge is -2.03. The zero-order chi connectivity index (χ0) is 13.8. The highest BCUT2D eigenvalue weighted by Gasteiger charge is 2.16. The molecule has 2 aromatic rings. The first-order chi connectivity index (χ1) is 9.08. The van der Waals surface area contributed by atoms with Gasteiger partial charge in [-0.05, 0) is 0 Å². The highest BCUT2D eigenvalue weighted by Crippen LogP contribution is 2.04. The summed E-state index contributed by atoms with van der Waals surface area (Å²) in [5, 5.41) is 17.1. The lowest BCUT2D eigenvalue weighted by Crippen LogP contribution is -2.27. The van der Waals surface area contributed by atoms with E-state index < -0.39 is 5.97 Å².